The molecule has 1 atom stereocenters. The fourth-order valence-corrected chi connectivity index (χ4v) is 6.69. The molecule has 5 heterocycles. The Labute approximate surface area is 262 Å². The Hall–Kier alpha value is -4.71. The Morgan fingerprint density at radius 3 is 2.57 bits per heavy atom. The number of cyclic esters (lactones) is 1. The zero-order valence-electron chi connectivity index (χ0n) is 25.1. The fraction of sp³-hybridized carbons (Fsp3) is 0.353. The normalized spacial score (nSPS) is 19.4. The van der Waals surface area contributed by atoms with E-state index in [0.717, 1.165) is 28.6 Å². The number of ether oxygens (including phenoxy) is 2. The molecule has 2 aromatic carbocycles. The number of carbonyl (C=O) groups is 2. The lowest BCUT2D eigenvalue weighted by molar-refractivity contribution is -0.189. The number of nitrogens with zero attached hydrogens (tertiary/aromatic N) is 4. The number of para-hydroxylation sites is 1. The second-order valence-electron chi connectivity index (χ2n) is 11.9. The molecule has 1 fully saturated rings. The highest BCUT2D eigenvalue weighted by atomic mass is 19.4. The molecule has 0 N–H and O–H groups in total. The molecule has 3 aliphatic heterocycles. The Kier molecular flexibility index (Phi) is 7.34. The molecule has 0 radical (unpaired) electrons. The molecule has 2 aromatic heterocycles. The average molecular weight is 633 g/mol. The van der Waals surface area contributed by atoms with Gasteiger partial charge in [-0.3, -0.25) is 14.5 Å². The van der Waals surface area contributed by atoms with Crippen LogP contribution < -0.4 is 10.5 Å². The van der Waals surface area contributed by atoms with Crippen molar-refractivity contribution in [2.45, 2.75) is 44.7 Å². The zero-order chi connectivity index (χ0) is 32.2. The number of carbonyl (C=O) groups excluding carboxylic acids is 2. The van der Waals surface area contributed by atoms with E-state index < -0.39 is 29.3 Å². The highest BCUT2D eigenvalue weighted by molar-refractivity contribution is 5.88. The third kappa shape index (κ3) is 5.10. The molecule has 46 heavy (non-hydrogen) atoms. The molecular weight excluding hydrogens is 601 g/mol. The predicted molar refractivity (Wildman–Crippen MR) is 163 cm³/mol. The summed E-state index contributed by atoms with van der Waals surface area (Å²) >= 11 is 0. The second-order valence-corrected chi connectivity index (χ2v) is 11.9. The summed E-state index contributed by atoms with van der Waals surface area (Å²) in [5.41, 5.74) is 1.21. The summed E-state index contributed by atoms with van der Waals surface area (Å²) in [6, 6.07) is 16.7. The Bertz CT molecular complexity index is 1930. The summed E-state index contributed by atoms with van der Waals surface area (Å²) in [6.45, 7) is 4.24. The number of fused-ring (bicyclic) bond motifs is 5. The quantitative estimate of drug-likeness (QED) is 0.245. The first kappa shape index (κ1) is 30.0. The highest BCUT2D eigenvalue weighted by Crippen LogP contribution is 2.41. The summed E-state index contributed by atoms with van der Waals surface area (Å²) in [5, 5.41) is 0.958. The molecule has 0 spiro atoms. The van der Waals surface area contributed by atoms with Gasteiger partial charge in [0, 0.05) is 54.9 Å². The van der Waals surface area contributed by atoms with Gasteiger partial charge < -0.3 is 18.9 Å². The Balaban J connectivity index is 1.07. The molecular formula is C34H31F3N4O5. The number of anilines is 1. The molecule has 0 amide bonds. The predicted octanol–water partition coefficient (Wildman–Crippen LogP) is 4.86. The lowest BCUT2D eigenvalue weighted by Gasteiger charge is -2.37. The number of aromatic nitrogens is 2. The minimum Gasteiger partial charge on any atom is -0.457 e. The number of alkyl halides is 3. The lowest BCUT2D eigenvalue weighted by atomic mass is 9.85. The summed E-state index contributed by atoms with van der Waals surface area (Å²) in [5.74, 6) is -1.34. The van der Waals surface area contributed by atoms with E-state index in [2.05, 4.69) is 0 Å². The van der Waals surface area contributed by atoms with Crippen molar-refractivity contribution in [3.63, 3.8) is 0 Å². The SMILES string of the molecule is CC[C@@]1(OC(=O)CCN2CCN(c3cccc(C(F)(F)F)c3)CC2)C(=O)OCc2c1cc1n(c2=O)Cc2cc3ccccc3nc2-1. The van der Waals surface area contributed by atoms with Gasteiger partial charge in [0.2, 0.25) is 5.60 Å². The number of benzene rings is 2. The van der Waals surface area contributed by atoms with Gasteiger partial charge in [0.15, 0.2) is 0 Å². The summed E-state index contributed by atoms with van der Waals surface area (Å²) in [7, 11) is 0. The van der Waals surface area contributed by atoms with Crippen molar-refractivity contribution in [1.29, 1.82) is 0 Å². The molecule has 0 unspecified atom stereocenters. The molecule has 0 bridgehead atoms. The van der Waals surface area contributed by atoms with E-state index in [1.165, 1.54) is 6.07 Å². The minimum atomic E-state index is -4.41. The van der Waals surface area contributed by atoms with Gasteiger partial charge in [0.05, 0.1) is 41.0 Å². The average Bonchev–Trinajstić information content (AvgIpc) is 3.41. The third-order valence-corrected chi connectivity index (χ3v) is 9.22. The number of hydrogen-bond acceptors (Lipinski definition) is 8. The van der Waals surface area contributed by atoms with E-state index >= 15 is 0 Å². The summed E-state index contributed by atoms with van der Waals surface area (Å²) in [4.78, 5) is 49.1. The number of piperazine rings is 1. The van der Waals surface area contributed by atoms with Crippen molar-refractivity contribution in [1.82, 2.24) is 14.5 Å². The summed E-state index contributed by atoms with van der Waals surface area (Å²) in [6.07, 6.45) is -4.36. The number of hydrogen-bond donors (Lipinski definition) is 0. The van der Waals surface area contributed by atoms with E-state index in [9.17, 15) is 27.6 Å². The van der Waals surface area contributed by atoms with Crippen molar-refractivity contribution >= 4 is 28.5 Å². The van der Waals surface area contributed by atoms with E-state index in [1.807, 2.05) is 40.1 Å². The molecule has 0 aliphatic carbocycles. The molecule has 1 saturated heterocycles. The molecule has 7 rings (SSSR count). The first-order valence-electron chi connectivity index (χ1n) is 15.3. The molecule has 238 valence electrons. The van der Waals surface area contributed by atoms with Gasteiger partial charge in [0.25, 0.3) is 5.56 Å². The maximum Gasteiger partial charge on any atom is 0.416 e. The van der Waals surface area contributed by atoms with Crippen molar-refractivity contribution in [2.24, 2.45) is 0 Å². The number of pyridine rings is 2. The molecule has 9 nitrogen and oxygen atoms in total. The topological polar surface area (TPSA) is 94.0 Å². The van der Waals surface area contributed by atoms with E-state index in [1.54, 1.807) is 23.6 Å². The van der Waals surface area contributed by atoms with Crippen LogP contribution >= 0.6 is 0 Å². The molecule has 4 aromatic rings. The van der Waals surface area contributed by atoms with Crippen LogP contribution in [0.15, 0.2) is 65.5 Å². The monoisotopic (exact) mass is 632 g/mol. The van der Waals surface area contributed by atoms with Crippen LogP contribution in [0.2, 0.25) is 0 Å². The first-order valence-corrected chi connectivity index (χ1v) is 15.3. The van der Waals surface area contributed by atoms with Gasteiger partial charge in [-0.25, -0.2) is 9.78 Å². The van der Waals surface area contributed by atoms with Crippen LogP contribution in [0.25, 0.3) is 22.3 Å². The molecule has 0 saturated carbocycles. The van der Waals surface area contributed by atoms with Crippen LogP contribution in [0.1, 0.15) is 42.0 Å². The van der Waals surface area contributed by atoms with Gasteiger partial charge in [0.1, 0.15) is 6.61 Å². The van der Waals surface area contributed by atoms with Gasteiger partial charge in [-0.1, -0.05) is 31.2 Å². The van der Waals surface area contributed by atoms with Crippen LogP contribution in [-0.4, -0.2) is 59.1 Å². The Morgan fingerprint density at radius 1 is 1.02 bits per heavy atom. The smallest absolute Gasteiger partial charge is 0.416 e. The van der Waals surface area contributed by atoms with Gasteiger partial charge in [-0.15, -0.1) is 0 Å². The van der Waals surface area contributed by atoms with Crippen molar-refractivity contribution in [2.75, 3.05) is 37.6 Å². The van der Waals surface area contributed by atoms with Crippen LogP contribution in [-0.2, 0) is 44.0 Å². The van der Waals surface area contributed by atoms with Crippen molar-refractivity contribution < 1.29 is 32.2 Å². The van der Waals surface area contributed by atoms with Crippen molar-refractivity contribution in [3.05, 3.63) is 93.3 Å². The number of esters is 2. The number of rotatable bonds is 6. The van der Waals surface area contributed by atoms with Gasteiger partial charge >= 0.3 is 18.1 Å². The van der Waals surface area contributed by atoms with E-state index in [0.29, 0.717) is 61.9 Å². The van der Waals surface area contributed by atoms with Crippen LogP contribution in [0.5, 0.6) is 0 Å². The van der Waals surface area contributed by atoms with Crippen LogP contribution in [0, 0.1) is 0 Å². The minimum absolute atomic E-state index is 0.0196. The Morgan fingerprint density at radius 2 is 1.80 bits per heavy atom. The molecule has 3 aliphatic rings. The third-order valence-electron chi connectivity index (χ3n) is 9.22. The maximum absolute atomic E-state index is 13.7. The zero-order valence-corrected chi connectivity index (χ0v) is 25.1. The summed E-state index contributed by atoms with van der Waals surface area (Å²) < 4.78 is 52.5. The first-order chi connectivity index (χ1) is 22.1. The maximum atomic E-state index is 13.7. The van der Waals surface area contributed by atoms with Gasteiger partial charge in [-0.2, -0.15) is 13.2 Å². The fourth-order valence-electron chi connectivity index (χ4n) is 6.69. The van der Waals surface area contributed by atoms with E-state index in [-0.39, 0.29) is 30.6 Å². The van der Waals surface area contributed by atoms with Crippen LogP contribution in [0.4, 0.5) is 18.9 Å². The standard InChI is InChI=1S/C34H31F3N4O5/c1-2-33(46-29(42)10-11-39-12-14-40(15-13-39)24-8-5-7-23(17-24)34(35,36)37)26-18-28-30-22(16-21-6-3-4-9-27(21)38-30)19-41(28)31(43)25(26)20-45-32(33)44/h3-9,16-18H,2,10-15,19-20H2,1H3/t33-/m0/s1. The second kappa shape index (κ2) is 11.3. The van der Waals surface area contributed by atoms with Crippen molar-refractivity contribution in [3.8, 4) is 11.4 Å². The highest BCUT2D eigenvalue weighted by Gasteiger charge is 2.50. The van der Waals surface area contributed by atoms with E-state index in [4.69, 9.17) is 14.5 Å². The van der Waals surface area contributed by atoms with Crippen LogP contribution in [0.3, 0.4) is 0 Å². The molecule has 12 heteroatoms. The largest absolute Gasteiger partial charge is 0.457 e. The van der Waals surface area contributed by atoms with Gasteiger partial charge in [-0.05, 0) is 42.8 Å². The lowest BCUT2D eigenvalue weighted by Crippen LogP contribution is -2.49. The number of halogens is 3.